The zero-order chi connectivity index (χ0) is 19.0. The molecule has 4 rings (SSSR count). The van der Waals surface area contributed by atoms with Gasteiger partial charge in [0.25, 0.3) is 0 Å². The molecule has 0 aliphatic carbocycles. The van der Waals surface area contributed by atoms with E-state index in [1.54, 1.807) is 29.6 Å². The van der Waals surface area contributed by atoms with Crippen LogP contribution < -0.4 is 0 Å². The first-order valence-electron chi connectivity index (χ1n) is 7.86. The molecule has 0 radical (unpaired) electrons. The van der Waals surface area contributed by atoms with Crippen LogP contribution in [0.1, 0.15) is 5.69 Å². The maximum atomic E-state index is 13.6. The van der Waals surface area contributed by atoms with Crippen molar-refractivity contribution in [3.8, 4) is 27.6 Å². The highest BCUT2D eigenvalue weighted by Gasteiger charge is 2.37. The van der Waals surface area contributed by atoms with Gasteiger partial charge in [-0.25, -0.2) is 9.67 Å². The standard InChI is InChI=1S/C19H11ClF3N3S/c20-14-8-6-13(7-9-14)15-10-17(19(21,22)23)26(25-15)18-24-16(11-27-18)12-4-2-1-3-5-12/h1-11H. The Morgan fingerprint density at radius 3 is 2.22 bits per heavy atom. The van der Waals surface area contributed by atoms with Crippen molar-refractivity contribution in [3.63, 3.8) is 0 Å². The molecule has 0 fully saturated rings. The molecule has 2 heterocycles. The number of alkyl halides is 3. The van der Waals surface area contributed by atoms with Gasteiger partial charge in [0.05, 0.1) is 11.4 Å². The fraction of sp³-hybridized carbons (Fsp3) is 0.0526. The summed E-state index contributed by atoms with van der Waals surface area (Å²) in [5, 5.41) is 6.53. The Hall–Kier alpha value is -2.64. The molecule has 0 saturated heterocycles. The molecular weight excluding hydrogens is 395 g/mol. The SMILES string of the molecule is FC(F)(F)c1cc(-c2ccc(Cl)cc2)nn1-c1nc(-c2ccccc2)cs1. The summed E-state index contributed by atoms with van der Waals surface area (Å²) in [6, 6.07) is 16.8. The zero-order valence-electron chi connectivity index (χ0n) is 13.6. The molecular formula is C19H11ClF3N3S. The molecule has 0 saturated carbocycles. The number of benzene rings is 2. The number of hydrogen-bond acceptors (Lipinski definition) is 3. The van der Waals surface area contributed by atoms with Crippen molar-refractivity contribution in [1.29, 1.82) is 0 Å². The second-order valence-electron chi connectivity index (χ2n) is 5.71. The summed E-state index contributed by atoms with van der Waals surface area (Å²) >= 11 is 6.96. The molecule has 4 aromatic rings. The van der Waals surface area contributed by atoms with E-state index in [0.29, 0.717) is 16.3 Å². The molecule has 0 bridgehead atoms. The number of halogens is 4. The van der Waals surface area contributed by atoms with Gasteiger partial charge >= 0.3 is 6.18 Å². The first-order valence-corrected chi connectivity index (χ1v) is 9.12. The Bertz CT molecular complexity index is 1070. The molecule has 27 heavy (non-hydrogen) atoms. The Balaban J connectivity index is 1.80. The number of hydrogen-bond donors (Lipinski definition) is 0. The predicted molar refractivity (Wildman–Crippen MR) is 100 cm³/mol. The summed E-state index contributed by atoms with van der Waals surface area (Å²) in [4.78, 5) is 4.34. The van der Waals surface area contributed by atoms with Gasteiger partial charge < -0.3 is 0 Å². The van der Waals surface area contributed by atoms with Gasteiger partial charge in [0.1, 0.15) is 0 Å². The van der Waals surface area contributed by atoms with E-state index in [0.717, 1.165) is 27.6 Å². The average molecular weight is 406 g/mol. The maximum Gasteiger partial charge on any atom is 0.433 e. The third-order valence-electron chi connectivity index (χ3n) is 3.88. The third kappa shape index (κ3) is 3.61. The molecule has 0 unspecified atom stereocenters. The fourth-order valence-corrected chi connectivity index (χ4v) is 3.52. The van der Waals surface area contributed by atoms with Gasteiger partial charge in [-0.1, -0.05) is 54.1 Å². The maximum absolute atomic E-state index is 13.6. The molecule has 0 aliphatic heterocycles. The summed E-state index contributed by atoms with van der Waals surface area (Å²) in [5.74, 6) is 0. The van der Waals surface area contributed by atoms with Crippen LogP contribution in [0.4, 0.5) is 13.2 Å². The number of rotatable bonds is 3. The molecule has 0 spiro atoms. The number of aromatic nitrogens is 3. The second-order valence-corrected chi connectivity index (χ2v) is 6.99. The second kappa shape index (κ2) is 6.83. The third-order valence-corrected chi connectivity index (χ3v) is 4.95. The highest BCUT2D eigenvalue weighted by Crippen LogP contribution is 2.35. The van der Waals surface area contributed by atoms with Crippen LogP contribution in [0.15, 0.2) is 66.0 Å². The lowest BCUT2D eigenvalue weighted by Crippen LogP contribution is -2.13. The van der Waals surface area contributed by atoms with Crippen molar-refractivity contribution in [2.75, 3.05) is 0 Å². The summed E-state index contributed by atoms with van der Waals surface area (Å²) in [5.41, 5.74) is 1.31. The Morgan fingerprint density at radius 1 is 0.889 bits per heavy atom. The van der Waals surface area contributed by atoms with Gasteiger partial charge in [-0.3, -0.25) is 0 Å². The topological polar surface area (TPSA) is 30.7 Å². The normalized spacial score (nSPS) is 11.7. The average Bonchev–Trinajstić information content (AvgIpc) is 3.30. The minimum atomic E-state index is -4.56. The van der Waals surface area contributed by atoms with Gasteiger partial charge in [0, 0.05) is 21.5 Å². The fourth-order valence-electron chi connectivity index (χ4n) is 2.59. The van der Waals surface area contributed by atoms with Crippen LogP contribution in [0.2, 0.25) is 5.02 Å². The Kier molecular flexibility index (Phi) is 4.49. The highest BCUT2D eigenvalue weighted by molar-refractivity contribution is 7.12. The zero-order valence-corrected chi connectivity index (χ0v) is 15.2. The van der Waals surface area contributed by atoms with E-state index in [4.69, 9.17) is 11.6 Å². The molecule has 136 valence electrons. The summed E-state index contributed by atoms with van der Waals surface area (Å²) in [6.07, 6.45) is -4.56. The molecule has 0 amide bonds. The van der Waals surface area contributed by atoms with Crippen LogP contribution in [0.25, 0.3) is 27.6 Å². The Labute approximate surface area is 161 Å². The lowest BCUT2D eigenvalue weighted by atomic mass is 10.1. The van der Waals surface area contributed by atoms with Gasteiger partial charge in [-0.2, -0.15) is 18.3 Å². The molecule has 2 aromatic heterocycles. The van der Waals surface area contributed by atoms with E-state index in [1.807, 2.05) is 30.3 Å². The van der Waals surface area contributed by atoms with Gasteiger partial charge in [0.15, 0.2) is 5.69 Å². The molecule has 0 N–H and O–H groups in total. The lowest BCUT2D eigenvalue weighted by Gasteiger charge is -2.07. The summed E-state index contributed by atoms with van der Waals surface area (Å²) < 4.78 is 41.5. The van der Waals surface area contributed by atoms with Crippen LogP contribution in [0, 0.1) is 0 Å². The van der Waals surface area contributed by atoms with Crippen molar-refractivity contribution < 1.29 is 13.2 Å². The van der Waals surface area contributed by atoms with Crippen LogP contribution in [-0.4, -0.2) is 14.8 Å². The van der Waals surface area contributed by atoms with Gasteiger partial charge in [0.2, 0.25) is 5.13 Å². The highest BCUT2D eigenvalue weighted by atomic mass is 35.5. The first-order chi connectivity index (χ1) is 12.9. The van der Waals surface area contributed by atoms with E-state index >= 15 is 0 Å². The van der Waals surface area contributed by atoms with E-state index in [9.17, 15) is 13.2 Å². The van der Waals surface area contributed by atoms with Crippen LogP contribution in [0.3, 0.4) is 0 Å². The van der Waals surface area contributed by atoms with Crippen LogP contribution >= 0.6 is 22.9 Å². The van der Waals surface area contributed by atoms with Crippen molar-refractivity contribution in [2.24, 2.45) is 0 Å². The van der Waals surface area contributed by atoms with Crippen molar-refractivity contribution in [1.82, 2.24) is 14.8 Å². The van der Waals surface area contributed by atoms with Gasteiger partial charge in [-0.15, -0.1) is 11.3 Å². The minimum Gasteiger partial charge on any atom is -0.218 e. The monoisotopic (exact) mass is 405 g/mol. The quantitative estimate of drug-likeness (QED) is 0.398. The molecule has 8 heteroatoms. The summed E-state index contributed by atoms with van der Waals surface area (Å²) in [7, 11) is 0. The molecule has 0 atom stereocenters. The van der Waals surface area contributed by atoms with Crippen molar-refractivity contribution >= 4 is 22.9 Å². The van der Waals surface area contributed by atoms with Gasteiger partial charge in [-0.05, 0) is 18.2 Å². The largest absolute Gasteiger partial charge is 0.433 e. The van der Waals surface area contributed by atoms with E-state index in [1.165, 1.54) is 0 Å². The molecule has 2 aromatic carbocycles. The molecule has 0 aliphatic rings. The summed E-state index contributed by atoms with van der Waals surface area (Å²) in [6.45, 7) is 0. The predicted octanol–water partition coefficient (Wildman–Crippen LogP) is 6.34. The minimum absolute atomic E-state index is 0.154. The number of nitrogens with zero attached hydrogens (tertiary/aromatic N) is 3. The van der Waals surface area contributed by atoms with E-state index in [-0.39, 0.29) is 10.8 Å². The van der Waals surface area contributed by atoms with Crippen LogP contribution in [-0.2, 0) is 6.18 Å². The van der Waals surface area contributed by atoms with Crippen molar-refractivity contribution in [2.45, 2.75) is 6.18 Å². The van der Waals surface area contributed by atoms with Crippen LogP contribution in [0.5, 0.6) is 0 Å². The van der Waals surface area contributed by atoms with E-state index < -0.39 is 11.9 Å². The van der Waals surface area contributed by atoms with E-state index in [2.05, 4.69) is 10.1 Å². The lowest BCUT2D eigenvalue weighted by molar-refractivity contribution is -0.142. The number of thiazole rings is 1. The van der Waals surface area contributed by atoms with Crippen molar-refractivity contribution in [3.05, 3.63) is 76.8 Å². The Morgan fingerprint density at radius 2 is 1.56 bits per heavy atom. The molecule has 3 nitrogen and oxygen atoms in total. The first kappa shape index (κ1) is 17.8. The smallest absolute Gasteiger partial charge is 0.218 e.